The smallest absolute Gasteiger partial charge is 0.160 e. The van der Waals surface area contributed by atoms with Crippen LogP contribution in [0.3, 0.4) is 0 Å². The highest BCUT2D eigenvalue weighted by Crippen LogP contribution is 2.62. The molecule has 9 rings (SSSR count). The Kier molecular flexibility index (Phi) is 6.11. The Balaban J connectivity index is 1.27. The molecule has 0 atom stereocenters. The first-order chi connectivity index (χ1) is 22.7. The van der Waals surface area contributed by atoms with Gasteiger partial charge < -0.3 is 0 Å². The highest BCUT2D eigenvalue weighted by Gasteiger charge is 2.51. The van der Waals surface area contributed by atoms with Gasteiger partial charge in [0, 0.05) is 11.1 Å². The summed E-state index contributed by atoms with van der Waals surface area (Å²) in [6.07, 6.45) is 1.72. The normalized spacial score (nSPS) is 17.2. The molecular weight excluding hydrogens is 556 g/mol. The van der Waals surface area contributed by atoms with Crippen LogP contribution >= 0.6 is 0 Å². The first-order valence-electron chi connectivity index (χ1n) is 16.1. The third kappa shape index (κ3) is 3.90. The molecule has 0 N–H and O–H groups in total. The van der Waals surface area contributed by atoms with Crippen LogP contribution in [-0.2, 0) is 5.41 Å². The summed E-state index contributed by atoms with van der Waals surface area (Å²) in [5.41, 5.74) is 17.0. The van der Waals surface area contributed by atoms with Crippen molar-refractivity contribution in [2.75, 3.05) is 0 Å². The molecule has 0 amide bonds. The molecule has 2 aliphatic carbocycles. The maximum Gasteiger partial charge on any atom is 0.160 e. The summed E-state index contributed by atoms with van der Waals surface area (Å²) in [6.45, 7) is 2.22. The number of nitrogens with zero attached hydrogens (tertiary/aromatic N) is 2. The number of fused-ring (bicyclic) bond motifs is 10. The quantitative estimate of drug-likeness (QED) is 0.196. The number of allylic oxidation sites excluding steroid dienone is 1. The molecule has 0 saturated heterocycles. The molecule has 0 unspecified atom stereocenters. The van der Waals surface area contributed by atoms with Crippen molar-refractivity contribution >= 4 is 17.2 Å². The summed E-state index contributed by atoms with van der Waals surface area (Å²) in [5, 5.41) is 0. The van der Waals surface area contributed by atoms with Crippen LogP contribution in [-0.4, -0.2) is 11.5 Å². The van der Waals surface area contributed by atoms with Gasteiger partial charge in [0.2, 0.25) is 0 Å². The molecule has 0 bridgehead atoms. The second-order valence-corrected chi connectivity index (χ2v) is 12.5. The molecule has 1 heterocycles. The van der Waals surface area contributed by atoms with Crippen LogP contribution in [0.1, 0.15) is 58.7 Å². The molecule has 46 heavy (non-hydrogen) atoms. The summed E-state index contributed by atoms with van der Waals surface area (Å²) in [4.78, 5) is 10.7. The molecule has 218 valence electrons. The first-order valence-corrected chi connectivity index (χ1v) is 16.1. The summed E-state index contributed by atoms with van der Waals surface area (Å²) < 4.78 is 0. The van der Waals surface area contributed by atoms with Gasteiger partial charge in [-0.15, -0.1) is 0 Å². The van der Waals surface area contributed by atoms with E-state index < -0.39 is 0 Å². The number of hydrogen-bond acceptors (Lipinski definition) is 2. The third-order valence-electron chi connectivity index (χ3n) is 10.0. The van der Waals surface area contributed by atoms with Gasteiger partial charge in [-0.2, -0.15) is 0 Å². The van der Waals surface area contributed by atoms with Crippen molar-refractivity contribution in [2.45, 2.75) is 25.2 Å². The van der Waals surface area contributed by atoms with Crippen LogP contribution < -0.4 is 0 Å². The van der Waals surface area contributed by atoms with Crippen molar-refractivity contribution < 1.29 is 0 Å². The van der Waals surface area contributed by atoms with Gasteiger partial charge in [-0.3, -0.25) is 0 Å². The van der Waals surface area contributed by atoms with E-state index in [0.717, 1.165) is 46.8 Å². The van der Waals surface area contributed by atoms with E-state index >= 15 is 0 Å². The monoisotopic (exact) mass is 588 g/mol. The van der Waals surface area contributed by atoms with Crippen LogP contribution in [0.4, 0.5) is 0 Å². The van der Waals surface area contributed by atoms with Gasteiger partial charge in [-0.1, -0.05) is 146 Å². The van der Waals surface area contributed by atoms with Crippen molar-refractivity contribution in [2.24, 2.45) is 9.98 Å². The second kappa shape index (κ2) is 10.5. The van der Waals surface area contributed by atoms with E-state index in [0.29, 0.717) is 0 Å². The predicted molar refractivity (Wildman–Crippen MR) is 191 cm³/mol. The lowest BCUT2D eigenvalue weighted by atomic mass is 9.70. The fourth-order valence-electron chi connectivity index (χ4n) is 7.94. The van der Waals surface area contributed by atoms with Gasteiger partial charge in [0.25, 0.3) is 0 Å². The molecule has 3 aliphatic rings. The molecule has 6 aromatic rings. The van der Waals surface area contributed by atoms with Crippen molar-refractivity contribution in [1.29, 1.82) is 0 Å². The minimum atomic E-state index is -0.371. The SMILES string of the molecule is C/C1=C(/c2ccccc2)N=C(c2ccccc2)N=C(c2ccc3c(c2)C2(c4ccccc4-c4ccccc42)c2ccccc2-3)CC1. The van der Waals surface area contributed by atoms with Gasteiger partial charge in [0.1, 0.15) is 0 Å². The molecule has 1 aliphatic heterocycles. The van der Waals surface area contributed by atoms with E-state index in [2.05, 4.69) is 153 Å². The standard InChI is InChI=1S/C44H32N2/c1-29-24-27-41(45-43(31-16-6-3-7-17-31)46-42(29)30-14-4-2-5-15-30)32-25-26-36-35-20-10-13-23-39(35)44(40(36)28-32)37-21-11-8-18-33(37)34-19-9-12-22-38(34)44/h2-23,25-26,28H,24,27H2,1H3/b42-29+,45-41?,46-43?. The molecule has 2 nitrogen and oxygen atoms in total. The molecular formula is C44H32N2. The molecule has 0 fully saturated rings. The summed E-state index contributed by atoms with van der Waals surface area (Å²) in [5.74, 6) is 0.753. The molecule has 0 aromatic heterocycles. The van der Waals surface area contributed by atoms with Crippen molar-refractivity contribution in [3.63, 3.8) is 0 Å². The van der Waals surface area contributed by atoms with Gasteiger partial charge in [-0.25, -0.2) is 9.98 Å². The van der Waals surface area contributed by atoms with E-state index in [1.54, 1.807) is 0 Å². The zero-order chi connectivity index (χ0) is 30.7. The van der Waals surface area contributed by atoms with E-state index in [-0.39, 0.29) is 5.41 Å². The van der Waals surface area contributed by atoms with Crippen LogP contribution in [0.25, 0.3) is 28.0 Å². The fourth-order valence-corrected chi connectivity index (χ4v) is 7.94. The topological polar surface area (TPSA) is 24.7 Å². The van der Waals surface area contributed by atoms with Gasteiger partial charge in [0.05, 0.1) is 16.8 Å². The first kappa shape index (κ1) is 26.8. The van der Waals surface area contributed by atoms with Crippen LogP contribution in [0.2, 0.25) is 0 Å². The highest BCUT2D eigenvalue weighted by molar-refractivity contribution is 6.14. The average molecular weight is 589 g/mol. The Morgan fingerprint density at radius 3 is 1.52 bits per heavy atom. The Morgan fingerprint density at radius 2 is 0.935 bits per heavy atom. The van der Waals surface area contributed by atoms with Crippen LogP contribution in [0, 0.1) is 0 Å². The van der Waals surface area contributed by atoms with E-state index in [1.165, 1.54) is 50.1 Å². The minimum absolute atomic E-state index is 0.371. The van der Waals surface area contributed by atoms with Crippen molar-refractivity contribution in [1.82, 2.24) is 0 Å². The number of hydrogen-bond donors (Lipinski definition) is 0. The van der Waals surface area contributed by atoms with Crippen LogP contribution in [0.5, 0.6) is 0 Å². The maximum absolute atomic E-state index is 5.40. The number of amidine groups is 1. The lowest BCUT2D eigenvalue weighted by Crippen LogP contribution is -2.26. The Hall–Kier alpha value is -5.60. The molecule has 0 saturated carbocycles. The Bertz CT molecular complexity index is 2190. The zero-order valence-corrected chi connectivity index (χ0v) is 25.7. The van der Waals surface area contributed by atoms with E-state index in [9.17, 15) is 0 Å². The lowest BCUT2D eigenvalue weighted by Gasteiger charge is -2.30. The Labute approximate surface area is 270 Å². The minimum Gasteiger partial charge on any atom is -0.232 e. The van der Waals surface area contributed by atoms with Crippen LogP contribution in [0.15, 0.2) is 167 Å². The number of rotatable bonds is 3. The predicted octanol–water partition coefficient (Wildman–Crippen LogP) is 10.5. The van der Waals surface area contributed by atoms with E-state index in [1.807, 2.05) is 6.07 Å². The van der Waals surface area contributed by atoms with Gasteiger partial charge in [-0.05, 0) is 81.5 Å². The number of aliphatic imine (C=N–C) groups is 2. The lowest BCUT2D eigenvalue weighted by molar-refractivity contribution is 0.793. The number of benzene rings is 6. The second-order valence-electron chi connectivity index (χ2n) is 12.5. The van der Waals surface area contributed by atoms with E-state index in [4.69, 9.17) is 9.98 Å². The molecule has 1 spiro atoms. The Morgan fingerprint density at radius 1 is 0.435 bits per heavy atom. The molecule has 0 radical (unpaired) electrons. The highest BCUT2D eigenvalue weighted by atomic mass is 14.9. The largest absolute Gasteiger partial charge is 0.232 e. The molecule has 2 heteroatoms. The van der Waals surface area contributed by atoms with Gasteiger partial charge >= 0.3 is 0 Å². The summed E-state index contributed by atoms with van der Waals surface area (Å²) in [6, 6.07) is 54.9. The summed E-state index contributed by atoms with van der Waals surface area (Å²) >= 11 is 0. The molecule has 6 aromatic carbocycles. The van der Waals surface area contributed by atoms with Crippen molar-refractivity contribution in [3.8, 4) is 22.3 Å². The van der Waals surface area contributed by atoms with Gasteiger partial charge in [0.15, 0.2) is 5.84 Å². The fraction of sp³-hybridized carbons (Fsp3) is 0.0909. The van der Waals surface area contributed by atoms with Crippen molar-refractivity contribution in [3.05, 3.63) is 196 Å². The zero-order valence-electron chi connectivity index (χ0n) is 25.7. The maximum atomic E-state index is 5.40. The summed E-state index contributed by atoms with van der Waals surface area (Å²) in [7, 11) is 0. The third-order valence-corrected chi connectivity index (χ3v) is 10.0. The average Bonchev–Trinajstić information content (AvgIpc) is 3.58.